The number of carbonyl (C=O) groups excluding carboxylic acids is 1. The highest BCUT2D eigenvalue weighted by atomic mass is 35.5. The van der Waals surface area contributed by atoms with Crippen LogP contribution < -0.4 is 10.1 Å². The fraction of sp³-hybridized carbons (Fsp3) is 0.100. The molecule has 0 aliphatic heterocycles. The average molecular weight is 439 g/mol. The first kappa shape index (κ1) is 20.2. The monoisotopic (exact) mass is 438 g/mol. The SMILES string of the molecule is O=C(NCCOc1ccc2nnc(-c3ccccc3)n2n1)c1ccc(Cl)c([N+](=O)[O-])c1. The number of halogens is 1. The predicted octanol–water partition coefficient (Wildman–Crippen LogP) is 3.16. The molecule has 0 fully saturated rings. The molecule has 0 atom stereocenters. The Morgan fingerprint density at radius 2 is 1.94 bits per heavy atom. The maximum absolute atomic E-state index is 12.2. The van der Waals surface area contributed by atoms with E-state index in [9.17, 15) is 14.9 Å². The fourth-order valence-corrected chi connectivity index (χ4v) is 3.02. The van der Waals surface area contributed by atoms with Gasteiger partial charge in [-0.2, -0.15) is 4.52 Å². The van der Waals surface area contributed by atoms with E-state index in [2.05, 4.69) is 20.6 Å². The number of hydrogen-bond acceptors (Lipinski definition) is 7. The van der Waals surface area contributed by atoms with E-state index in [4.69, 9.17) is 16.3 Å². The van der Waals surface area contributed by atoms with Gasteiger partial charge in [0.15, 0.2) is 11.5 Å². The number of aromatic nitrogens is 4. The molecular formula is C20H15ClN6O4. The summed E-state index contributed by atoms with van der Waals surface area (Å²) in [4.78, 5) is 22.5. The van der Waals surface area contributed by atoms with Gasteiger partial charge in [0.2, 0.25) is 5.88 Å². The summed E-state index contributed by atoms with van der Waals surface area (Å²) in [6.45, 7) is 0.311. The van der Waals surface area contributed by atoms with Crippen LogP contribution in [-0.4, -0.2) is 43.8 Å². The molecule has 0 unspecified atom stereocenters. The number of nitrogens with zero attached hydrogens (tertiary/aromatic N) is 5. The highest BCUT2D eigenvalue weighted by Crippen LogP contribution is 2.25. The van der Waals surface area contributed by atoms with Gasteiger partial charge in [0.05, 0.1) is 11.5 Å². The van der Waals surface area contributed by atoms with E-state index in [0.717, 1.165) is 11.6 Å². The van der Waals surface area contributed by atoms with Crippen molar-refractivity contribution in [2.24, 2.45) is 0 Å². The van der Waals surface area contributed by atoms with Gasteiger partial charge in [-0.25, -0.2) is 0 Å². The highest BCUT2D eigenvalue weighted by molar-refractivity contribution is 6.32. The van der Waals surface area contributed by atoms with Crippen LogP contribution in [0.4, 0.5) is 5.69 Å². The average Bonchev–Trinajstić information content (AvgIpc) is 3.20. The molecule has 11 heteroatoms. The van der Waals surface area contributed by atoms with Crippen LogP contribution in [0.15, 0.2) is 60.7 Å². The van der Waals surface area contributed by atoms with E-state index in [1.165, 1.54) is 12.1 Å². The lowest BCUT2D eigenvalue weighted by Crippen LogP contribution is -2.28. The van der Waals surface area contributed by atoms with Gasteiger partial charge in [0.1, 0.15) is 11.6 Å². The molecule has 4 rings (SSSR count). The van der Waals surface area contributed by atoms with E-state index in [1.54, 1.807) is 16.6 Å². The second kappa shape index (κ2) is 8.76. The summed E-state index contributed by atoms with van der Waals surface area (Å²) in [5, 5.41) is 26.2. The van der Waals surface area contributed by atoms with E-state index in [-0.39, 0.29) is 29.4 Å². The molecule has 1 N–H and O–H groups in total. The van der Waals surface area contributed by atoms with Crippen molar-refractivity contribution in [1.82, 2.24) is 25.1 Å². The second-order valence-corrected chi connectivity index (χ2v) is 6.77. The van der Waals surface area contributed by atoms with E-state index in [1.807, 2.05) is 30.3 Å². The van der Waals surface area contributed by atoms with Crippen LogP contribution in [0.3, 0.4) is 0 Å². The van der Waals surface area contributed by atoms with Crippen LogP contribution in [0.1, 0.15) is 10.4 Å². The maximum Gasteiger partial charge on any atom is 0.288 e. The minimum absolute atomic E-state index is 0.0322. The molecule has 2 heterocycles. The van der Waals surface area contributed by atoms with Gasteiger partial charge < -0.3 is 10.1 Å². The molecule has 0 radical (unpaired) electrons. The normalized spacial score (nSPS) is 10.7. The Morgan fingerprint density at radius 1 is 1.13 bits per heavy atom. The van der Waals surface area contributed by atoms with E-state index >= 15 is 0 Å². The minimum atomic E-state index is -0.640. The number of nitro benzene ring substituents is 1. The van der Waals surface area contributed by atoms with Crippen molar-refractivity contribution >= 4 is 28.8 Å². The summed E-state index contributed by atoms with van der Waals surface area (Å²) in [7, 11) is 0. The Balaban J connectivity index is 1.38. The topological polar surface area (TPSA) is 125 Å². The Morgan fingerprint density at radius 3 is 2.71 bits per heavy atom. The molecule has 4 aromatic rings. The largest absolute Gasteiger partial charge is 0.475 e. The molecule has 0 aliphatic rings. The number of rotatable bonds is 7. The molecule has 0 bridgehead atoms. The number of hydrogen-bond donors (Lipinski definition) is 1. The van der Waals surface area contributed by atoms with Crippen molar-refractivity contribution in [2.75, 3.05) is 13.2 Å². The molecule has 2 aromatic carbocycles. The van der Waals surface area contributed by atoms with E-state index < -0.39 is 10.8 Å². The molecule has 0 saturated carbocycles. The number of ether oxygens (including phenoxy) is 1. The summed E-state index contributed by atoms with van der Waals surface area (Å²) in [5.41, 5.74) is 1.24. The Kier molecular flexibility index (Phi) is 5.72. The predicted molar refractivity (Wildman–Crippen MR) is 112 cm³/mol. The zero-order valence-electron chi connectivity index (χ0n) is 15.9. The lowest BCUT2D eigenvalue weighted by atomic mass is 10.2. The summed E-state index contributed by atoms with van der Waals surface area (Å²) >= 11 is 5.76. The van der Waals surface area contributed by atoms with Crippen molar-refractivity contribution < 1.29 is 14.5 Å². The second-order valence-electron chi connectivity index (χ2n) is 6.36. The number of nitro groups is 1. The smallest absolute Gasteiger partial charge is 0.288 e. The Bertz CT molecular complexity index is 1260. The third-order valence-corrected chi connectivity index (χ3v) is 4.63. The van der Waals surface area contributed by atoms with Crippen molar-refractivity contribution in [1.29, 1.82) is 0 Å². The molecule has 156 valence electrons. The number of amides is 1. The fourth-order valence-electron chi connectivity index (χ4n) is 2.83. The molecular weight excluding hydrogens is 424 g/mol. The minimum Gasteiger partial charge on any atom is -0.475 e. The standard InChI is InChI=1S/C20H15ClN6O4/c21-15-7-6-14(12-16(15)27(29)30)20(28)22-10-11-31-18-9-8-17-23-24-19(26(17)25-18)13-4-2-1-3-5-13/h1-9,12H,10-11H2,(H,22,28). The first-order chi connectivity index (χ1) is 15.0. The van der Waals surface area contributed by atoms with Gasteiger partial charge in [-0.15, -0.1) is 15.3 Å². The third kappa shape index (κ3) is 4.43. The Labute approximate surface area is 180 Å². The summed E-state index contributed by atoms with van der Waals surface area (Å²) < 4.78 is 7.19. The Hall–Kier alpha value is -4.05. The van der Waals surface area contributed by atoms with Crippen LogP contribution >= 0.6 is 11.6 Å². The third-order valence-electron chi connectivity index (χ3n) is 4.31. The van der Waals surface area contributed by atoms with Crippen LogP contribution in [0.25, 0.3) is 17.0 Å². The summed E-state index contributed by atoms with van der Waals surface area (Å²) in [6.07, 6.45) is 0. The number of fused-ring (bicyclic) bond motifs is 1. The zero-order chi connectivity index (χ0) is 21.8. The van der Waals surface area contributed by atoms with Gasteiger partial charge in [0.25, 0.3) is 11.6 Å². The van der Waals surface area contributed by atoms with Crippen molar-refractivity contribution in [3.05, 3.63) is 81.4 Å². The number of carbonyl (C=O) groups is 1. The van der Waals surface area contributed by atoms with Crippen LogP contribution in [-0.2, 0) is 0 Å². The van der Waals surface area contributed by atoms with Crippen molar-refractivity contribution in [3.8, 4) is 17.3 Å². The highest BCUT2D eigenvalue weighted by Gasteiger charge is 2.16. The first-order valence-electron chi connectivity index (χ1n) is 9.16. The van der Waals surface area contributed by atoms with Crippen molar-refractivity contribution in [2.45, 2.75) is 0 Å². The molecule has 2 aromatic heterocycles. The van der Waals surface area contributed by atoms with Crippen molar-refractivity contribution in [3.63, 3.8) is 0 Å². The zero-order valence-corrected chi connectivity index (χ0v) is 16.7. The molecule has 0 aliphatic carbocycles. The van der Waals surface area contributed by atoms with Gasteiger partial charge >= 0.3 is 0 Å². The lowest BCUT2D eigenvalue weighted by molar-refractivity contribution is -0.384. The van der Waals surface area contributed by atoms with Gasteiger partial charge in [-0.05, 0) is 18.2 Å². The lowest BCUT2D eigenvalue weighted by Gasteiger charge is -2.08. The maximum atomic E-state index is 12.2. The summed E-state index contributed by atoms with van der Waals surface area (Å²) in [5.74, 6) is 0.441. The molecule has 1 amide bonds. The summed E-state index contributed by atoms with van der Waals surface area (Å²) in [6, 6.07) is 16.8. The molecule has 0 spiro atoms. The van der Waals surface area contributed by atoms with Crippen LogP contribution in [0.2, 0.25) is 5.02 Å². The van der Waals surface area contributed by atoms with Gasteiger partial charge in [-0.1, -0.05) is 41.9 Å². The number of benzene rings is 2. The quantitative estimate of drug-likeness (QED) is 0.267. The number of nitrogens with one attached hydrogen (secondary N) is 1. The van der Waals surface area contributed by atoms with Gasteiger partial charge in [0, 0.05) is 23.3 Å². The molecule has 31 heavy (non-hydrogen) atoms. The van der Waals surface area contributed by atoms with Gasteiger partial charge in [-0.3, -0.25) is 14.9 Å². The van der Waals surface area contributed by atoms with Crippen LogP contribution in [0.5, 0.6) is 5.88 Å². The van der Waals surface area contributed by atoms with Crippen LogP contribution in [0, 0.1) is 10.1 Å². The van der Waals surface area contributed by atoms with E-state index in [0.29, 0.717) is 17.4 Å². The molecule has 10 nitrogen and oxygen atoms in total. The molecule has 0 saturated heterocycles. The first-order valence-corrected chi connectivity index (χ1v) is 9.53.